The number of aryl methyl sites for hydroxylation is 1. The highest BCUT2D eigenvalue weighted by atomic mass is 35.5. The average Bonchev–Trinajstić information content (AvgIpc) is 2.90. The summed E-state index contributed by atoms with van der Waals surface area (Å²) in [5, 5.41) is 3.70. The number of pyridine rings is 2. The average molecular weight is 582 g/mol. The molecule has 0 bridgehead atoms. The van der Waals surface area contributed by atoms with Gasteiger partial charge in [0.1, 0.15) is 11.2 Å². The molecule has 5 rings (SSSR count). The first-order valence-electron chi connectivity index (χ1n) is 12.8. The van der Waals surface area contributed by atoms with Gasteiger partial charge in [0.25, 0.3) is 5.56 Å². The van der Waals surface area contributed by atoms with Crippen molar-refractivity contribution in [3.05, 3.63) is 69.3 Å². The summed E-state index contributed by atoms with van der Waals surface area (Å²) in [6.07, 6.45) is 4.65. The molecule has 0 spiro atoms. The quantitative estimate of drug-likeness (QED) is 0.343. The van der Waals surface area contributed by atoms with E-state index in [0.29, 0.717) is 33.8 Å². The van der Waals surface area contributed by atoms with Gasteiger partial charge in [0.2, 0.25) is 5.95 Å². The SMILES string of the molecule is Cn1c(=O)c(-c2c(Cl)cc(NC(=O)OC(C)(C)C)cc2Cl)cc2cnc(N3CCN(c4ccncc4)CC3)nc21. The maximum absolute atomic E-state index is 13.5. The number of carbonyl (C=O) groups excluding carboxylic acids is 1. The molecule has 10 nitrogen and oxygen atoms in total. The summed E-state index contributed by atoms with van der Waals surface area (Å²) in [4.78, 5) is 43.5. The molecule has 0 unspecified atom stereocenters. The number of fused-ring (bicyclic) bond motifs is 1. The number of rotatable bonds is 4. The van der Waals surface area contributed by atoms with Crippen LogP contribution in [0.4, 0.5) is 22.1 Å². The highest BCUT2D eigenvalue weighted by Gasteiger charge is 2.22. The lowest BCUT2D eigenvalue weighted by Crippen LogP contribution is -2.47. The van der Waals surface area contributed by atoms with Crippen molar-refractivity contribution in [1.82, 2.24) is 19.5 Å². The number of halogens is 2. The van der Waals surface area contributed by atoms with Crippen molar-refractivity contribution in [2.45, 2.75) is 26.4 Å². The van der Waals surface area contributed by atoms with Crippen molar-refractivity contribution in [3.63, 3.8) is 0 Å². The third kappa shape index (κ3) is 5.83. The number of carbonyl (C=O) groups is 1. The number of nitrogens with zero attached hydrogens (tertiary/aromatic N) is 6. The first-order chi connectivity index (χ1) is 19.0. The maximum atomic E-state index is 13.5. The third-order valence-corrected chi connectivity index (χ3v) is 7.08. The number of hydrogen-bond donors (Lipinski definition) is 1. The fourth-order valence-corrected chi connectivity index (χ4v) is 5.30. The van der Waals surface area contributed by atoms with E-state index in [2.05, 4.69) is 25.1 Å². The van der Waals surface area contributed by atoms with E-state index in [1.165, 1.54) is 16.7 Å². The molecule has 12 heteroatoms. The highest BCUT2D eigenvalue weighted by Crippen LogP contribution is 2.37. The van der Waals surface area contributed by atoms with Crippen LogP contribution in [-0.4, -0.2) is 57.4 Å². The molecule has 1 N–H and O–H groups in total. The van der Waals surface area contributed by atoms with Crippen molar-refractivity contribution in [2.24, 2.45) is 7.05 Å². The van der Waals surface area contributed by atoms with Crippen LogP contribution in [0, 0.1) is 0 Å². The fraction of sp³-hybridized carbons (Fsp3) is 0.321. The van der Waals surface area contributed by atoms with Gasteiger partial charge in [-0.2, -0.15) is 4.98 Å². The molecule has 1 amide bonds. The zero-order chi connectivity index (χ0) is 28.6. The van der Waals surface area contributed by atoms with Gasteiger partial charge in [0.05, 0.1) is 15.6 Å². The lowest BCUT2D eigenvalue weighted by atomic mass is 10.1. The Labute approximate surface area is 241 Å². The Balaban J connectivity index is 1.40. The van der Waals surface area contributed by atoms with Crippen LogP contribution >= 0.6 is 23.2 Å². The van der Waals surface area contributed by atoms with E-state index in [1.807, 2.05) is 12.1 Å². The van der Waals surface area contributed by atoms with E-state index in [-0.39, 0.29) is 15.6 Å². The summed E-state index contributed by atoms with van der Waals surface area (Å²) in [5.74, 6) is 0.568. The van der Waals surface area contributed by atoms with E-state index in [0.717, 1.165) is 31.9 Å². The maximum Gasteiger partial charge on any atom is 0.412 e. The minimum absolute atomic E-state index is 0.208. The summed E-state index contributed by atoms with van der Waals surface area (Å²) < 4.78 is 6.76. The minimum Gasteiger partial charge on any atom is -0.444 e. The standard InChI is InChI=1S/C28H29Cl2N7O3/c1-28(2,3)40-27(39)33-18-14-21(29)23(22(30)15-18)20-13-17-16-32-26(34-24(17)35(4)25(20)38)37-11-9-36(10-12-37)19-5-7-31-8-6-19/h5-8,13-16H,9-12H2,1-4H3,(H,33,39). The number of aromatic nitrogens is 4. The normalized spacial score (nSPS) is 13.9. The van der Waals surface area contributed by atoms with Crippen molar-refractivity contribution >= 4 is 57.7 Å². The zero-order valence-corrected chi connectivity index (χ0v) is 24.1. The Morgan fingerprint density at radius 3 is 2.25 bits per heavy atom. The second kappa shape index (κ2) is 10.9. The lowest BCUT2D eigenvalue weighted by Gasteiger charge is -2.36. The molecule has 3 aromatic heterocycles. The summed E-state index contributed by atoms with van der Waals surface area (Å²) >= 11 is 13.1. The smallest absolute Gasteiger partial charge is 0.412 e. The first kappa shape index (κ1) is 27.7. The van der Waals surface area contributed by atoms with Gasteiger partial charge >= 0.3 is 6.09 Å². The van der Waals surface area contributed by atoms with Crippen LogP contribution in [-0.2, 0) is 11.8 Å². The number of ether oxygens (including phenoxy) is 1. The highest BCUT2D eigenvalue weighted by molar-refractivity contribution is 6.39. The topological polar surface area (TPSA) is 105 Å². The molecule has 1 saturated heterocycles. The van der Waals surface area contributed by atoms with Crippen LogP contribution in [0.2, 0.25) is 10.0 Å². The molecule has 1 aliphatic heterocycles. The van der Waals surface area contributed by atoms with Gasteiger partial charge < -0.3 is 14.5 Å². The summed E-state index contributed by atoms with van der Waals surface area (Å²) in [7, 11) is 1.66. The van der Waals surface area contributed by atoms with E-state index < -0.39 is 11.7 Å². The van der Waals surface area contributed by atoms with Gasteiger partial charge in [-0.05, 0) is 51.1 Å². The number of piperazine rings is 1. The molecular weight excluding hydrogens is 553 g/mol. The van der Waals surface area contributed by atoms with E-state index >= 15 is 0 Å². The summed E-state index contributed by atoms with van der Waals surface area (Å²) in [6, 6.07) is 8.75. The Bertz CT molecular complexity index is 1610. The number of amides is 1. The number of nitrogens with one attached hydrogen (secondary N) is 1. The summed E-state index contributed by atoms with van der Waals surface area (Å²) in [5.41, 5.74) is 1.68. The van der Waals surface area contributed by atoms with Crippen molar-refractivity contribution in [3.8, 4) is 11.1 Å². The Morgan fingerprint density at radius 1 is 1.00 bits per heavy atom. The largest absolute Gasteiger partial charge is 0.444 e. The summed E-state index contributed by atoms with van der Waals surface area (Å²) in [6.45, 7) is 8.42. The molecule has 4 aromatic rings. The molecule has 0 saturated carbocycles. The van der Waals surface area contributed by atoms with Gasteiger partial charge in [-0.3, -0.25) is 19.7 Å². The van der Waals surface area contributed by atoms with Gasteiger partial charge in [-0.1, -0.05) is 23.2 Å². The number of anilines is 3. The zero-order valence-electron chi connectivity index (χ0n) is 22.6. The third-order valence-electron chi connectivity index (χ3n) is 6.48. The van der Waals surface area contributed by atoms with Crippen LogP contribution in [0.3, 0.4) is 0 Å². The van der Waals surface area contributed by atoms with Crippen LogP contribution in [0.1, 0.15) is 20.8 Å². The predicted molar refractivity (Wildman–Crippen MR) is 159 cm³/mol. The van der Waals surface area contributed by atoms with Crippen molar-refractivity contribution in [1.29, 1.82) is 0 Å². The Morgan fingerprint density at radius 2 is 1.62 bits per heavy atom. The second-order valence-corrected chi connectivity index (χ2v) is 11.3. The second-order valence-electron chi connectivity index (χ2n) is 10.5. The molecule has 0 radical (unpaired) electrons. The lowest BCUT2D eigenvalue weighted by molar-refractivity contribution is 0.0636. The van der Waals surface area contributed by atoms with Crippen molar-refractivity contribution < 1.29 is 9.53 Å². The number of benzene rings is 1. The minimum atomic E-state index is -0.661. The molecule has 4 heterocycles. The number of hydrogen-bond acceptors (Lipinski definition) is 8. The van der Waals surface area contributed by atoms with Gasteiger partial charge in [-0.25, -0.2) is 9.78 Å². The van der Waals surface area contributed by atoms with Crippen LogP contribution < -0.4 is 20.7 Å². The monoisotopic (exact) mass is 581 g/mol. The molecule has 1 aromatic carbocycles. The Kier molecular flexibility index (Phi) is 7.57. The first-order valence-corrected chi connectivity index (χ1v) is 13.5. The predicted octanol–water partition coefficient (Wildman–Crippen LogP) is 5.37. The van der Waals surface area contributed by atoms with Crippen LogP contribution in [0.15, 0.2) is 53.7 Å². The van der Waals surface area contributed by atoms with Gasteiger partial charge in [0.15, 0.2) is 0 Å². The Hall–Kier alpha value is -3.89. The molecule has 1 fully saturated rings. The van der Waals surface area contributed by atoms with Crippen LogP contribution in [0.25, 0.3) is 22.2 Å². The van der Waals surface area contributed by atoms with E-state index in [9.17, 15) is 9.59 Å². The molecule has 0 atom stereocenters. The molecule has 0 aliphatic carbocycles. The fourth-order valence-electron chi connectivity index (χ4n) is 4.61. The van der Waals surface area contributed by atoms with Crippen LogP contribution in [0.5, 0.6) is 0 Å². The van der Waals surface area contributed by atoms with Crippen molar-refractivity contribution in [2.75, 3.05) is 41.3 Å². The van der Waals surface area contributed by atoms with Gasteiger partial charge in [-0.15, -0.1) is 0 Å². The molecule has 208 valence electrons. The van der Waals surface area contributed by atoms with E-state index in [1.54, 1.807) is 52.5 Å². The van der Waals surface area contributed by atoms with E-state index in [4.69, 9.17) is 32.9 Å². The van der Waals surface area contributed by atoms with Gasteiger partial charge in [0, 0.05) is 74.1 Å². The molecular formula is C28H29Cl2N7O3. The molecule has 1 aliphatic rings. The molecule has 40 heavy (non-hydrogen) atoms.